The summed E-state index contributed by atoms with van der Waals surface area (Å²) in [4.78, 5) is 6.47. The van der Waals surface area contributed by atoms with Gasteiger partial charge in [-0.2, -0.15) is 0 Å². The van der Waals surface area contributed by atoms with Crippen molar-refractivity contribution in [3.8, 4) is 0 Å². The van der Waals surface area contributed by atoms with Gasteiger partial charge in [-0.1, -0.05) is 13.0 Å². The highest BCUT2D eigenvalue weighted by Crippen LogP contribution is 2.23. The Morgan fingerprint density at radius 3 is 3.17 bits per heavy atom. The van der Waals surface area contributed by atoms with Crippen molar-refractivity contribution in [1.29, 1.82) is 0 Å². The summed E-state index contributed by atoms with van der Waals surface area (Å²) in [6, 6.07) is 3.58. The Bertz CT molecular complexity index is 383. The fraction of sp³-hybridized carbons (Fsp3) is 0.615. The van der Waals surface area contributed by atoms with Crippen molar-refractivity contribution >= 4 is 5.82 Å². The van der Waals surface area contributed by atoms with Crippen molar-refractivity contribution in [1.82, 2.24) is 9.88 Å². The second kappa shape index (κ2) is 6.13. The Morgan fingerprint density at radius 1 is 1.61 bits per heavy atom. The second-order valence-electron chi connectivity index (χ2n) is 4.71. The minimum absolute atomic E-state index is 0.00296. The molecular formula is C13H22N4O. The SMILES string of the molecule is CCCN1CCOC(C(N)c2cccnc2N)C1. The number of hydrogen-bond donors (Lipinski definition) is 2. The molecule has 2 unspecified atom stereocenters. The number of hydrogen-bond acceptors (Lipinski definition) is 5. The van der Waals surface area contributed by atoms with Gasteiger partial charge in [0.2, 0.25) is 0 Å². The average molecular weight is 250 g/mol. The third-order valence-corrected chi connectivity index (χ3v) is 3.35. The van der Waals surface area contributed by atoms with E-state index in [9.17, 15) is 0 Å². The molecule has 1 fully saturated rings. The van der Waals surface area contributed by atoms with Crippen LogP contribution in [0.2, 0.25) is 0 Å². The van der Waals surface area contributed by atoms with E-state index in [0.717, 1.165) is 38.2 Å². The molecule has 18 heavy (non-hydrogen) atoms. The number of nitrogens with zero attached hydrogens (tertiary/aromatic N) is 2. The highest BCUT2D eigenvalue weighted by Gasteiger charge is 2.27. The molecule has 1 aromatic rings. The van der Waals surface area contributed by atoms with E-state index < -0.39 is 0 Å². The third-order valence-electron chi connectivity index (χ3n) is 3.35. The summed E-state index contributed by atoms with van der Waals surface area (Å²) in [5.74, 6) is 0.501. The first-order valence-electron chi connectivity index (χ1n) is 6.52. The van der Waals surface area contributed by atoms with Gasteiger partial charge in [-0.25, -0.2) is 4.98 Å². The van der Waals surface area contributed by atoms with Crippen LogP contribution in [0, 0.1) is 0 Å². The molecule has 0 radical (unpaired) electrons. The number of nitrogens with two attached hydrogens (primary N) is 2. The lowest BCUT2D eigenvalue weighted by molar-refractivity contribution is -0.0407. The van der Waals surface area contributed by atoms with E-state index in [1.165, 1.54) is 0 Å². The lowest BCUT2D eigenvalue weighted by atomic mass is 10.0. The fourth-order valence-electron chi connectivity index (χ4n) is 2.38. The third kappa shape index (κ3) is 2.98. The second-order valence-corrected chi connectivity index (χ2v) is 4.71. The van der Waals surface area contributed by atoms with Crippen molar-refractivity contribution in [2.24, 2.45) is 5.73 Å². The summed E-state index contributed by atoms with van der Waals surface area (Å²) >= 11 is 0. The van der Waals surface area contributed by atoms with Gasteiger partial charge in [-0.3, -0.25) is 4.90 Å². The number of aromatic nitrogens is 1. The normalized spacial score (nSPS) is 22.9. The predicted octanol–water partition coefficient (Wildman–Crippen LogP) is 0.774. The van der Waals surface area contributed by atoms with Crippen LogP contribution in [0.3, 0.4) is 0 Å². The molecule has 5 heteroatoms. The number of morpholine rings is 1. The molecule has 2 atom stereocenters. The quantitative estimate of drug-likeness (QED) is 0.825. The lowest BCUT2D eigenvalue weighted by Crippen LogP contribution is -2.47. The molecule has 0 saturated carbocycles. The Kier molecular flexibility index (Phi) is 4.52. The summed E-state index contributed by atoms with van der Waals surface area (Å²) in [7, 11) is 0. The molecule has 1 aliphatic heterocycles. The van der Waals surface area contributed by atoms with Crippen LogP contribution in [-0.4, -0.2) is 42.2 Å². The van der Waals surface area contributed by atoms with Gasteiger partial charge in [0.05, 0.1) is 18.8 Å². The first-order chi connectivity index (χ1) is 8.72. The standard InChI is InChI=1S/C13H22N4O/c1-2-6-17-7-8-18-11(9-17)12(14)10-4-3-5-16-13(10)15/h3-5,11-12H,2,6-9,14H2,1H3,(H2,15,16). The lowest BCUT2D eigenvalue weighted by Gasteiger charge is -2.35. The monoisotopic (exact) mass is 250 g/mol. The molecule has 2 heterocycles. The molecule has 1 aromatic heterocycles. The largest absolute Gasteiger partial charge is 0.383 e. The van der Waals surface area contributed by atoms with Crippen molar-refractivity contribution in [2.75, 3.05) is 32.0 Å². The molecule has 4 N–H and O–H groups in total. The Balaban J connectivity index is 2.04. The van der Waals surface area contributed by atoms with Crippen molar-refractivity contribution in [3.63, 3.8) is 0 Å². The predicted molar refractivity (Wildman–Crippen MR) is 72.0 cm³/mol. The molecule has 1 saturated heterocycles. The van der Waals surface area contributed by atoms with Gasteiger partial charge in [0.1, 0.15) is 5.82 Å². The first-order valence-corrected chi connectivity index (χ1v) is 6.52. The van der Waals surface area contributed by atoms with Gasteiger partial charge in [-0.05, 0) is 19.0 Å². The molecule has 0 spiro atoms. The topological polar surface area (TPSA) is 77.4 Å². The van der Waals surface area contributed by atoms with Crippen LogP contribution in [0.4, 0.5) is 5.82 Å². The van der Waals surface area contributed by atoms with Gasteiger partial charge in [0.15, 0.2) is 0 Å². The van der Waals surface area contributed by atoms with Crippen molar-refractivity contribution in [2.45, 2.75) is 25.5 Å². The summed E-state index contributed by atoms with van der Waals surface area (Å²) in [5, 5.41) is 0. The zero-order valence-electron chi connectivity index (χ0n) is 10.9. The van der Waals surface area contributed by atoms with Gasteiger partial charge < -0.3 is 16.2 Å². The van der Waals surface area contributed by atoms with Gasteiger partial charge in [0, 0.05) is 24.8 Å². The molecule has 0 bridgehead atoms. The molecule has 0 aromatic carbocycles. The maximum atomic E-state index is 6.26. The summed E-state index contributed by atoms with van der Waals surface area (Å²) in [5.41, 5.74) is 13.0. The average Bonchev–Trinajstić information content (AvgIpc) is 2.39. The maximum Gasteiger partial charge on any atom is 0.128 e. The van der Waals surface area contributed by atoms with Gasteiger partial charge in [0.25, 0.3) is 0 Å². The van der Waals surface area contributed by atoms with Crippen molar-refractivity contribution < 1.29 is 4.74 Å². The van der Waals surface area contributed by atoms with Crippen LogP contribution in [0.1, 0.15) is 24.9 Å². The van der Waals surface area contributed by atoms with Crippen LogP contribution in [0.5, 0.6) is 0 Å². The van der Waals surface area contributed by atoms with E-state index in [1.54, 1.807) is 6.20 Å². The molecule has 1 aliphatic rings. The smallest absolute Gasteiger partial charge is 0.128 e. The molecular weight excluding hydrogens is 228 g/mol. The summed E-state index contributed by atoms with van der Waals surface area (Å²) in [6.07, 6.45) is 2.82. The Hall–Kier alpha value is -1.17. The van der Waals surface area contributed by atoms with Crippen LogP contribution in [0.25, 0.3) is 0 Å². The molecule has 0 aliphatic carbocycles. The zero-order chi connectivity index (χ0) is 13.0. The van der Waals surface area contributed by atoms with E-state index in [-0.39, 0.29) is 12.1 Å². The van der Waals surface area contributed by atoms with Crippen LogP contribution in [0.15, 0.2) is 18.3 Å². The van der Waals surface area contributed by atoms with Crippen LogP contribution in [-0.2, 0) is 4.74 Å². The highest BCUT2D eigenvalue weighted by atomic mass is 16.5. The summed E-state index contributed by atoms with van der Waals surface area (Å²) in [6.45, 7) is 5.86. The first kappa shape index (κ1) is 13.3. The minimum Gasteiger partial charge on any atom is -0.383 e. The van der Waals surface area contributed by atoms with Gasteiger partial charge >= 0.3 is 0 Å². The van der Waals surface area contributed by atoms with E-state index in [1.807, 2.05) is 12.1 Å². The fourth-order valence-corrected chi connectivity index (χ4v) is 2.38. The number of pyridine rings is 1. The Morgan fingerprint density at radius 2 is 2.44 bits per heavy atom. The van der Waals surface area contributed by atoms with Crippen molar-refractivity contribution in [3.05, 3.63) is 23.9 Å². The molecule has 100 valence electrons. The molecule has 5 nitrogen and oxygen atoms in total. The Labute approximate surface area is 108 Å². The van der Waals surface area contributed by atoms with E-state index in [4.69, 9.17) is 16.2 Å². The zero-order valence-corrected chi connectivity index (χ0v) is 10.9. The maximum absolute atomic E-state index is 6.26. The molecule has 0 amide bonds. The molecule has 2 rings (SSSR count). The van der Waals surface area contributed by atoms with E-state index in [2.05, 4.69) is 16.8 Å². The number of ether oxygens (including phenoxy) is 1. The van der Waals surface area contributed by atoms with Crippen LogP contribution >= 0.6 is 0 Å². The van der Waals surface area contributed by atoms with E-state index >= 15 is 0 Å². The summed E-state index contributed by atoms with van der Waals surface area (Å²) < 4.78 is 5.78. The number of nitrogen functional groups attached to an aromatic ring is 1. The highest BCUT2D eigenvalue weighted by molar-refractivity contribution is 5.41. The van der Waals surface area contributed by atoms with Crippen LogP contribution < -0.4 is 11.5 Å². The van der Waals surface area contributed by atoms with E-state index in [0.29, 0.717) is 5.82 Å². The number of rotatable bonds is 4. The number of anilines is 1. The van der Waals surface area contributed by atoms with Gasteiger partial charge in [-0.15, -0.1) is 0 Å². The minimum atomic E-state index is -0.210.